The molecule has 26 heavy (non-hydrogen) atoms. The smallest absolute Gasteiger partial charge is 0.227 e. The number of aliphatic hydroxyl groups is 3. The highest BCUT2D eigenvalue weighted by molar-refractivity contribution is 5.79. The number of rotatable bonds is 5. The van der Waals surface area contributed by atoms with Crippen LogP contribution in [0.25, 0.3) is 0 Å². The number of aliphatic hydroxyl groups excluding tert-OH is 3. The number of carbonyl (C=O) groups is 2. The number of β-amino-alcohol motifs (C(OH)–C–C–N with tert-alkyl or cyclic N) is 2. The molecule has 0 spiro atoms. The molecule has 3 unspecified atom stereocenters. The Morgan fingerprint density at radius 1 is 1.00 bits per heavy atom. The first kappa shape index (κ1) is 21.1. The van der Waals surface area contributed by atoms with Gasteiger partial charge in [-0.3, -0.25) is 9.59 Å². The second kappa shape index (κ2) is 9.12. The molecule has 2 aliphatic rings. The van der Waals surface area contributed by atoms with Crippen molar-refractivity contribution in [3.05, 3.63) is 0 Å². The summed E-state index contributed by atoms with van der Waals surface area (Å²) in [6, 6.07) is 0. The lowest BCUT2D eigenvalue weighted by molar-refractivity contribution is -0.151. The van der Waals surface area contributed by atoms with Crippen LogP contribution in [0.15, 0.2) is 0 Å². The maximum Gasteiger partial charge on any atom is 0.227 e. The average Bonchev–Trinajstić information content (AvgIpc) is 2.58. The van der Waals surface area contributed by atoms with Crippen molar-refractivity contribution in [3.63, 3.8) is 0 Å². The third-order valence-electron chi connectivity index (χ3n) is 5.03. The van der Waals surface area contributed by atoms with E-state index >= 15 is 0 Å². The van der Waals surface area contributed by atoms with Gasteiger partial charge < -0.3 is 29.9 Å². The molecule has 2 fully saturated rings. The van der Waals surface area contributed by atoms with Crippen LogP contribution in [0.2, 0.25) is 0 Å². The number of ether oxygens (including phenoxy) is 1. The maximum absolute atomic E-state index is 12.5. The van der Waals surface area contributed by atoms with Crippen molar-refractivity contribution < 1.29 is 29.6 Å². The van der Waals surface area contributed by atoms with Crippen molar-refractivity contribution in [2.75, 3.05) is 32.8 Å². The third-order valence-corrected chi connectivity index (χ3v) is 5.03. The largest absolute Gasteiger partial charge is 0.391 e. The Labute approximate surface area is 154 Å². The highest BCUT2D eigenvalue weighted by atomic mass is 16.5. The van der Waals surface area contributed by atoms with Gasteiger partial charge in [-0.15, -0.1) is 0 Å². The van der Waals surface area contributed by atoms with Crippen molar-refractivity contribution in [1.29, 1.82) is 0 Å². The van der Waals surface area contributed by atoms with E-state index in [1.54, 1.807) is 11.8 Å². The van der Waals surface area contributed by atoms with Gasteiger partial charge in [0.15, 0.2) is 0 Å². The Bertz CT molecular complexity index is 490. The predicted molar refractivity (Wildman–Crippen MR) is 94.2 cm³/mol. The van der Waals surface area contributed by atoms with Gasteiger partial charge in [0.05, 0.1) is 30.8 Å². The summed E-state index contributed by atoms with van der Waals surface area (Å²) >= 11 is 0. The molecule has 2 amide bonds. The fourth-order valence-corrected chi connectivity index (χ4v) is 3.51. The standard InChI is InChI=1S/C18H32N2O6/c1-11(2)17(24)19-5-4-15(23)16(9-19)26-10-12(3)18(25)20-7-13(21)6-14(22)8-20/h11-16,21-23H,4-10H2,1-3H3/t12?,13?,14?,15-,16+/m0/s1. The van der Waals surface area contributed by atoms with Gasteiger partial charge in [-0.2, -0.15) is 0 Å². The highest BCUT2D eigenvalue weighted by Gasteiger charge is 2.34. The number of hydrogen-bond acceptors (Lipinski definition) is 6. The Hall–Kier alpha value is -1.22. The van der Waals surface area contributed by atoms with Gasteiger partial charge in [-0.1, -0.05) is 20.8 Å². The second-order valence-corrected chi connectivity index (χ2v) is 7.85. The topological polar surface area (TPSA) is 111 Å². The van der Waals surface area contributed by atoms with Crippen molar-refractivity contribution in [3.8, 4) is 0 Å². The zero-order valence-corrected chi connectivity index (χ0v) is 15.9. The Morgan fingerprint density at radius 3 is 2.19 bits per heavy atom. The number of piperidine rings is 2. The van der Waals surface area contributed by atoms with Crippen molar-refractivity contribution in [2.45, 2.75) is 58.0 Å². The minimum atomic E-state index is -0.716. The molecule has 8 nitrogen and oxygen atoms in total. The first-order valence-electron chi connectivity index (χ1n) is 9.42. The number of carbonyl (C=O) groups excluding carboxylic acids is 2. The zero-order valence-electron chi connectivity index (χ0n) is 15.9. The lowest BCUT2D eigenvalue weighted by Crippen LogP contribution is -2.52. The van der Waals surface area contributed by atoms with Crippen molar-refractivity contribution >= 4 is 11.8 Å². The van der Waals surface area contributed by atoms with E-state index in [0.717, 1.165) is 0 Å². The molecule has 2 rings (SSSR count). The van der Waals surface area contributed by atoms with Crippen LogP contribution in [0.5, 0.6) is 0 Å². The predicted octanol–water partition coefficient (Wildman–Crippen LogP) is -0.789. The summed E-state index contributed by atoms with van der Waals surface area (Å²) in [6.45, 7) is 6.77. The zero-order chi connectivity index (χ0) is 19.4. The van der Waals surface area contributed by atoms with Crippen LogP contribution in [0.1, 0.15) is 33.6 Å². The summed E-state index contributed by atoms with van der Waals surface area (Å²) in [7, 11) is 0. The van der Waals surface area contributed by atoms with E-state index in [2.05, 4.69) is 0 Å². The van der Waals surface area contributed by atoms with E-state index in [1.165, 1.54) is 4.90 Å². The molecule has 0 aromatic rings. The monoisotopic (exact) mass is 372 g/mol. The number of nitrogens with zero attached hydrogens (tertiary/aromatic N) is 2. The molecular weight excluding hydrogens is 340 g/mol. The van der Waals surface area contributed by atoms with E-state index in [0.29, 0.717) is 19.5 Å². The summed E-state index contributed by atoms with van der Waals surface area (Å²) in [5.74, 6) is -0.728. The van der Waals surface area contributed by atoms with Crippen LogP contribution in [-0.2, 0) is 14.3 Å². The number of amides is 2. The number of likely N-dealkylation sites (tertiary alicyclic amines) is 2. The molecule has 150 valence electrons. The molecule has 0 aromatic carbocycles. The second-order valence-electron chi connectivity index (χ2n) is 7.85. The summed E-state index contributed by atoms with van der Waals surface area (Å²) in [5, 5.41) is 29.6. The van der Waals surface area contributed by atoms with Crippen LogP contribution in [0, 0.1) is 11.8 Å². The van der Waals surface area contributed by atoms with Crippen molar-refractivity contribution in [1.82, 2.24) is 9.80 Å². The maximum atomic E-state index is 12.5. The van der Waals surface area contributed by atoms with Crippen molar-refractivity contribution in [2.24, 2.45) is 11.8 Å². The van der Waals surface area contributed by atoms with Crippen LogP contribution in [-0.4, -0.2) is 94.1 Å². The van der Waals surface area contributed by atoms with E-state index < -0.39 is 30.3 Å². The molecule has 5 atom stereocenters. The number of hydrogen-bond donors (Lipinski definition) is 3. The molecule has 2 heterocycles. The van der Waals surface area contributed by atoms with Gasteiger partial charge >= 0.3 is 0 Å². The van der Waals surface area contributed by atoms with Gasteiger partial charge in [0.1, 0.15) is 6.10 Å². The molecule has 0 saturated carbocycles. The van der Waals surface area contributed by atoms with Crippen LogP contribution in [0.3, 0.4) is 0 Å². The summed E-state index contributed by atoms with van der Waals surface area (Å²) in [4.78, 5) is 27.8. The molecule has 3 N–H and O–H groups in total. The third kappa shape index (κ3) is 5.39. The fraction of sp³-hybridized carbons (Fsp3) is 0.889. The lowest BCUT2D eigenvalue weighted by Gasteiger charge is -2.38. The lowest BCUT2D eigenvalue weighted by atomic mass is 10.0. The van der Waals surface area contributed by atoms with Crippen LogP contribution < -0.4 is 0 Å². The minimum absolute atomic E-state index is 0.0333. The Balaban J connectivity index is 1.85. The van der Waals surface area contributed by atoms with Gasteiger partial charge in [0, 0.05) is 38.5 Å². The van der Waals surface area contributed by atoms with Crippen LogP contribution >= 0.6 is 0 Å². The van der Waals surface area contributed by atoms with E-state index in [-0.39, 0.29) is 43.8 Å². The van der Waals surface area contributed by atoms with Gasteiger partial charge in [0.25, 0.3) is 0 Å². The summed E-state index contributed by atoms with van der Waals surface area (Å²) in [5.41, 5.74) is 0. The normalized spacial score (nSPS) is 31.2. The fourth-order valence-electron chi connectivity index (χ4n) is 3.51. The van der Waals surface area contributed by atoms with Gasteiger partial charge in [0.2, 0.25) is 11.8 Å². The SMILES string of the molecule is CC(C)C(=O)N1CC[C@H](O)[C@H](OCC(C)C(=O)N2CC(O)CC(O)C2)C1. The first-order valence-corrected chi connectivity index (χ1v) is 9.42. The molecule has 0 aromatic heterocycles. The molecule has 2 saturated heterocycles. The molecule has 8 heteroatoms. The van der Waals surface area contributed by atoms with Gasteiger partial charge in [-0.05, 0) is 6.42 Å². The first-order chi connectivity index (χ1) is 12.2. The van der Waals surface area contributed by atoms with E-state index in [9.17, 15) is 24.9 Å². The molecule has 0 bridgehead atoms. The summed E-state index contributed by atoms with van der Waals surface area (Å²) in [6.07, 6.45) is -1.87. The molecule has 2 aliphatic heterocycles. The highest BCUT2D eigenvalue weighted by Crippen LogP contribution is 2.19. The van der Waals surface area contributed by atoms with E-state index in [1.807, 2.05) is 13.8 Å². The Morgan fingerprint density at radius 2 is 1.62 bits per heavy atom. The van der Waals surface area contributed by atoms with Crippen LogP contribution in [0.4, 0.5) is 0 Å². The minimum Gasteiger partial charge on any atom is -0.391 e. The van der Waals surface area contributed by atoms with Gasteiger partial charge in [-0.25, -0.2) is 0 Å². The quantitative estimate of drug-likeness (QED) is 0.583. The molecular formula is C18H32N2O6. The average molecular weight is 372 g/mol. The molecule has 0 radical (unpaired) electrons. The Kier molecular flexibility index (Phi) is 7.40. The van der Waals surface area contributed by atoms with E-state index in [4.69, 9.17) is 4.74 Å². The summed E-state index contributed by atoms with van der Waals surface area (Å²) < 4.78 is 5.77. The molecule has 0 aliphatic carbocycles.